The first kappa shape index (κ1) is 19.6. The van der Waals surface area contributed by atoms with Crippen LogP contribution in [0.1, 0.15) is 38.5 Å². The van der Waals surface area contributed by atoms with Crippen LogP contribution in [0.4, 0.5) is 0 Å². The van der Waals surface area contributed by atoms with E-state index in [0.717, 1.165) is 19.6 Å². The summed E-state index contributed by atoms with van der Waals surface area (Å²) in [6.07, 6.45) is 6.35. The summed E-state index contributed by atoms with van der Waals surface area (Å²) in [6, 6.07) is 0. The normalized spacial score (nSPS) is 22.5. The summed E-state index contributed by atoms with van der Waals surface area (Å²) in [4.78, 5) is 14.7. The fourth-order valence-corrected chi connectivity index (χ4v) is 4.56. The molecule has 0 unspecified atom stereocenters. The first-order valence-electron chi connectivity index (χ1n) is 9.09. The lowest BCUT2D eigenvalue weighted by Gasteiger charge is -2.32. The summed E-state index contributed by atoms with van der Waals surface area (Å²) in [5.74, 6) is 0.00877. The smallest absolute Gasteiger partial charge is 0.281 e. The minimum Gasteiger partial charge on any atom is -0.355 e. The summed E-state index contributed by atoms with van der Waals surface area (Å²) in [5.41, 5.74) is 0. The first-order valence-corrected chi connectivity index (χ1v) is 10.5. The van der Waals surface area contributed by atoms with E-state index in [4.69, 9.17) is 0 Å². The predicted octanol–water partition coefficient (Wildman–Crippen LogP) is 0.497. The number of nitrogens with one attached hydrogen (secondary N) is 1. The van der Waals surface area contributed by atoms with Gasteiger partial charge in [0.1, 0.15) is 0 Å². The SMILES string of the molecule is CN(C)S(=O)(=O)N1CCC(C(=O)NCCN2CCCCCC2)CC1. The molecule has 0 aliphatic carbocycles. The second-order valence-corrected chi connectivity index (χ2v) is 9.15. The highest BCUT2D eigenvalue weighted by atomic mass is 32.2. The third-order valence-electron chi connectivity index (χ3n) is 5.04. The van der Waals surface area contributed by atoms with E-state index in [-0.39, 0.29) is 11.8 Å². The van der Waals surface area contributed by atoms with Gasteiger partial charge in [0.25, 0.3) is 10.2 Å². The van der Waals surface area contributed by atoms with Crippen LogP contribution < -0.4 is 5.32 Å². The van der Waals surface area contributed by atoms with Gasteiger partial charge in [0.2, 0.25) is 5.91 Å². The monoisotopic (exact) mass is 360 g/mol. The van der Waals surface area contributed by atoms with Crippen LogP contribution in [0, 0.1) is 5.92 Å². The number of amides is 1. The summed E-state index contributed by atoms with van der Waals surface area (Å²) >= 11 is 0. The molecule has 2 heterocycles. The van der Waals surface area contributed by atoms with Gasteiger partial charge >= 0.3 is 0 Å². The van der Waals surface area contributed by atoms with Gasteiger partial charge < -0.3 is 10.2 Å². The molecule has 0 aromatic rings. The molecule has 2 saturated heterocycles. The molecule has 0 aromatic carbocycles. The van der Waals surface area contributed by atoms with Gasteiger partial charge in [-0.3, -0.25) is 4.79 Å². The molecule has 7 nitrogen and oxygen atoms in total. The lowest BCUT2D eigenvalue weighted by molar-refractivity contribution is -0.126. The lowest BCUT2D eigenvalue weighted by atomic mass is 9.97. The Hall–Kier alpha value is -0.700. The maximum absolute atomic E-state index is 12.3. The van der Waals surface area contributed by atoms with Crippen molar-refractivity contribution >= 4 is 16.1 Å². The van der Waals surface area contributed by atoms with Crippen molar-refractivity contribution in [3.63, 3.8) is 0 Å². The van der Waals surface area contributed by atoms with Crippen molar-refractivity contribution in [3.05, 3.63) is 0 Å². The molecule has 0 saturated carbocycles. The zero-order valence-electron chi connectivity index (χ0n) is 15.0. The molecular weight excluding hydrogens is 328 g/mol. The van der Waals surface area contributed by atoms with Gasteiger partial charge in [0.05, 0.1) is 0 Å². The Morgan fingerprint density at radius 1 is 1.04 bits per heavy atom. The second kappa shape index (κ2) is 9.12. The molecule has 8 heteroatoms. The van der Waals surface area contributed by atoms with E-state index in [2.05, 4.69) is 10.2 Å². The lowest BCUT2D eigenvalue weighted by Crippen LogP contribution is -2.47. The average molecular weight is 361 g/mol. The summed E-state index contributed by atoms with van der Waals surface area (Å²) in [7, 11) is -0.278. The minimum atomic E-state index is -3.36. The van der Waals surface area contributed by atoms with Crippen LogP contribution in [0.5, 0.6) is 0 Å². The van der Waals surface area contributed by atoms with Crippen molar-refractivity contribution in [3.8, 4) is 0 Å². The quantitative estimate of drug-likeness (QED) is 0.749. The van der Waals surface area contributed by atoms with E-state index < -0.39 is 10.2 Å². The topological polar surface area (TPSA) is 73.0 Å². The fourth-order valence-electron chi connectivity index (χ4n) is 3.42. The van der Waals surface area contributed by atoms with Gasteiger partial charge in [-0.25, -0.2) is 0 Å². The molecule has 0 radical (unpaired) electrons. The van der Waals surface area contributed by atoms with Crippen LogP contribution in [0.2, 0.25) is 0 Å². The molecule has 0 bridgehead atoms. The van der Waals surface area contributed by atoms with Crippen molar-refractivity contribution in [1.29, 1.82) is 0 Å². The van der Waals surface area contributed by atoms with Crippen LogP contribution in [-0.4, -0.2) is 81.2 Å². The van der Waals surface area contributed by atoms with E-state index in [9.17, 15) is 13.2 Å². The Bertz CT molecular complexity index is 493. The van der Waals surface area contributed by atoms with Gasteiger partial charge in [-0.2, -0.15) is 17.0 Å². The van der Waals surface area contributed by atoms with E-state index in [1.807, 2.05) is 0 Å². The highest BCUT2D eigenvalue weighted by Gasteiger charge is 2.32. The number of hydrogen-bond donors (Lipinski definition) is 1. The Morgan fingerprint density at radius 2 is 1.62 bits per heavy atom. The second-order valence-electron chi connectivity index (χ2n) is 7.01. The molecule has 2 fully saturated rings. The molecule has 2 aliphatic heterocycles. The van der Waals surface area contributed by atoms with Crippen molar-refractivity contribution in [1.82, 2.24) is 18.8 Å². The Kier molecular flexibility index (Phi) is 7.46. The largest absolute Gasteiger partial charge is 0.355 e. The maximum Gasteiger partial charge on any atom is 0.281 e. The molecule has 1 N–H and O–H groups in total. The van der Waals surface area contributed by atoms with Gasteiger partial charge in [-0.1, -0.05) is 12.8 Å². The first-order chi connectivity index (χ1) is 11.4. The van der Waals surface area contributed by atoms with Crippen LogP contribution >= 0.6 is 0 Å². The molecule has 24 heavy (non-hydrogen) atoms. The van der Waals surface area contributed by atoms with Gasteiger partial charge in [-0.05, 0) is 38.8 Å². The van der Waals surface area contributed by atoms with E-state index in [1.165, 1.54) is 48.4 Å². The highest BCUT2D eigenvalue weighted by molar-refractivity contribution is 7.86. The Labute approximate surface area is 146 Å². The zero-order valence-corrected chi connectivity index (χ0v) is 15.9. The molecule has 140 valence electrons. The number of rotatable bonds is 6. The standard InChI is InChI=1S/C16H32N4O3S/c1-18(2)24(22,23)20-12-7-15(8-13-20)16(21)17-9-14-19-10-5-3-4-6-11-19/h15H,3-14H2,1-2H3,(H,17,21). The molecule has 2 aliphatic rings. The summed E-state index contributed by atoms with van der Waals surface area (Å²) < 4.78 is 26.9. The fraction of sp³-hybridized carbons (Fsp3) is 0.938. The number of likely N-dealkylation sites (tertiary alicyclic amines) is 1. The van der Waals surface area contributed by atoms with Gasteiger partial charge in [0, 0.05) is 46.2 Å². The van der Waals surface area contributed by atoms with Crippen LogP contribution in [0.25, 0.3) is 0 Å². The molecule has 2 rings (SSSR count). The van der Waals surface area contributed by atoms with E-state index in [1.54, 1.807) is 0 Å². The van der Waals surface area contributed by atoms with Crippen molar-refractivity contribution in [2.45, 2.75) is 38.5 Å². The Balaban J connectivity index is 1.69. The molecule has 0 atom stereocenters. The van der Waals surface area contributed by atoms with Crippen molar-refractivity contribution in [2.24, 2.45) is 5.92 Å². The van der Waals surface area contributed by atoms with Crippen LogP contribution in [0.15, 0.2) is 0 Å². The minimum absolute atomic E-state index is 0.0669. The third kappa shape index (κ3) is 5.40. The highest BCUT2D eigenvalue weighted by Crippen LogP contribution is 2.20. The molecule has 0 aromatic heterocycles. The van der Waals surface area contributed by atoms with Crippen LogP contribution in [0.3, 0.4) is 0 Å². The molecular formula is C16H32N4O3S. The maximum atomic E-state index is 12.3. The third-order valence-corrected chi connectivity index (χ3v) is 6.98. The van der Waals surface area contributed by atoms with E-state index in [0.29, 0.717) is 32.5 Å². The number of hydrogen-bond acceptors (Lipinski definition) is 4. The predicted molar refractivity (Wildman–Crippen MR) is 94.8 cm³/mol. The van der Waals surface area contributed by atoms with E-state index >= 15 is 0 Å². The number of carbonyl (C=O) groups excluding carboxylic acids is 1. The number of nitrogens with zero attached hydrogens (tertiary/aromatic N) is 3. The zero-order chi connectivity index (χ0) is 17.6. The number of carbonyl (C=O) groups is 1. The van der Waals surface area contributed by atoms with Gasteiger partial charge in [0.15, 0.2) is 0 Å². The van der Waals surface area contributed by atoms with Crippen LogP contribution in [-0.2, 0) is 15.0 Å². The summed E-state index contributed by atoms with van der Waals surface area (Å²) in [6.45, 7) is 4.72. The average Bonchev–Trinajstić information content (AvgIpc) is 2.83. The van der Waals surface area contributed by atoms with Crippen molar-refractivity contribution in [2.75, 3.05) is 53.4 Å². The Morgan fingerprint density at radius 3 is 2.17 bits per heavy atom. The number of piperidine rings is 1. The van der Waals surface area contributed by atoms with Gasteiger partial charge in [-0.15, -0.1) is 0 Å². The summed E-state index contributed by atoms with van der Waals surface area (Å²) in [5, 5.41) is 3.04. The molecule has 0 spiro atoms. The molecule has 1 amide bonds. The van der Waals surface area contributed by atoms with Crippen molar-refractivity contribution < 1.29 is 13.2 Å².